The summed E-state index contributed by atoms with van der Waals surface area (Å²) < 4.78 is 24.5. The topological polar surface area (TPSA) is 246 Å². The van der Waals surface area contributed by atoms with Gasteiger partial charge in [0.2, 0.25) is 35.4 Å². The van der Waals surface area contributed by atoms with Crippen LogP contribution in [-0.2, 0) is 70.1 Å². The van der Waals surface area contributed by atoms with Crippen LogP contribution in [0.3, 0.4) is 0 Å². The Labute approximate surface area is 460 Å². The highest BCUT2D eigenvalue weighted by Gasteiger charge is 2.43. The maximum Gasteiger partial charge on any atom is 0.328 e. The molecule has 4 rings (SSSR count). The third-order valence-corrected chi connectivity index (χ3v) is 12.7. The van der Waals surface area contributed by atoms with E-state index in [0.717, 1.165) is 28.8 Å². The van der Waals surface area contributed by atoms with Crippen molar-refractivity contribution < 1.29 is 57.3 Å². The molecule has 6 atom stereocenters. The van der Waals surface area contributed by atoms with Crippen LogP contribution in [0.5, 0.6) is 0 Å². The lowest BCUT2D eigenvalue weighted by molar-refractivity contribution is -0.252. The van der Waals surface area contributed by atoms with Crippen molar-refractivity contribution in [2.45, 2.75) is 136 Å². The summed E-state index contributed by atoms with van der Waals surface area (Å²) >= 11 is 0. The molecular weight excluding hydrogens is 997 g/mol. The van der Waals surface area contributed by atoms with Crippen LogP contribution in [0, 0.1) is 29.1 Å². The van der Waals surface area contributed by atoms with E-state index < -0.39 is 95.3 Å². The lowest BCUT2D eigenvalue weighted by atomic mass is 9.91. The zero-order chi connectivity index (χ0) is 57.4. The first kappa shape index (κ1) is 63.4. The van der Waals surface area contributed by atoms with Gasteiger partial charge in [-0.1, -0.05) is 160 Å². The highest BCUT2D eigenvalue weighted by Crippen LogP contribution is 2.33. The molecule has 424 valence electrons. The van der Waals surface area contributed by atoms with Crippen molar-refractivity contribution in [1.29, 1.82) is 0 Å². The summed E-state index contributed by atoms with van der Waals surface area (Å²) in [6.45, 7) is 21.1. The van der Waals surface area contributed by atoms with E-state index in [1.54, 1.807) is 0 Å². The smallest absolute Gasteiger partial charge is 0.328 e. The van der Waals surface area contributed by atoms with E-state index in [-0.39, 0.29) is 88.6 Å². The minimum atomic E-state index is -1.27. The van der Waals surface area contributed by atoms with Crippen molar-refractivity contribution >= 4 is 47.4 Å². The lowest BCUT2D eigenvalue weighted by Crippen LogP contribution is -2.57. The van der Waals surface area contributed by atoms with Gasteiger partial charge in [0.25, 0.3) is 0 Å². The Morgan fingerprint density at radius 1 is 0.474 bits per heavy atom. The van der Waals surface area contributed by atoms with Gasteiger partial charge in [0, 0.05) is 18.4 Å². The number of hydrogen-bond acceptors (Lipinski definition) is 12. The summed E-state index contributed by atoms with van der Waals surface area (Å²) in [5, 5.41) is 16.6. The predicted octanol–water partition coefficient (Wildman–Crippen LogP) is 5.76. The second-order valence-corrected chi connectivity index (χ2v) is 21.8. The Morgan fingerprint density at radius 3 is 1.12 bits per heavy atom. The SMILES string of the molecule is C=CC(=O)N[C@@H](Cc1ccccc1)C(=O)N[C@@H](CC(C)C)C(=O)N[C@@H](CC(C)C)C(=O)OCC1(COC(=O)[C@H](CC(C)C)NC(=O)[C@H](CC(C)C)NC(=O)[C@H](Cc2ccccc2)NC(=O)C=C)COC(c2ccccc2)OC1. The molecule has 1 saturated heterocycles. The van der Waals surface area contributed by atoms with Crippen molar-refractivity contribution in [3.8, 4) is 0 Å². The van der Waals surface area contributed by atoms with Gasteiger partial charge in [-0.2, -0.15) is 0 Å². The van der Waals surface area contributed by atoms with Gasteiger partial charge < -0.3 is 50.8 Å². The number of esters is 2. The molecule has 1 fully saturated rings. The number of rotatable bonds is 31. The minimum absolute atomic E-state index is 0.0720. The fraction of sp³-hybridized carbons (Fsp3) is 0.500. The molecule has 0 radical (unpaired) electrons. The van der Waals surface area contributed by atoms with Crippen molar-refractivity contribution in [2.75, 3.05) is 26.4 Å². The molecule has 0 aliphatic carbocycles. The average molecular weight is 1080 g/mol. The molecule has 3 aromatic rings. The number of carbonyl (C=O) groups excluding carboxylic acids is 8. The molecule has 1 aliphatic heterocycles. The van der Waals surface area contributed by atoms with Crippen LogP contribution in [0.25, 0.3) is 0 Å². The summed E-state index contributed by atoms with van der Waals surface area (Å²) in [5.74, 6) is -5.54. The molecule has 1 aliphatic rings. The molecule has 0 saturated carbocycles. The van der Waals surface area contributed by atoms with Crippen LogP contribution >= 0.6 is 0 Å². The average Bonchev–Trinajstić information content (AvgIpc) is 3.41. The molecule has 18 heteroatoms. The quantitative estimate of drug-likeness (QED) is 0.0333. The van der Waals surface area contributed by atoms with Gasteiger partial charge in [-0.05, 0) is 72.6 Å². The van der Waals surface area contributed by atoms with Crippen LogP contribution in [0.15, 0.2) is 116 Å². The van der Waals surface area contributed by atoms with Crippen LogP contribution in [-0.4, -0.2) is 110 Å². The molecule has 78 heavy (non-hydrogen) atoms. The maximum atomic E-state index is 14.3. The molecule has 18 nitrogen and oxygen atoms in total. The summed E-state index contributed by atoms with van der Waals surface area (Å²) in [4.78, 5) is 109. The number of benzene rings is 3. The molecule has 1 heterocycles. The van der Waals surface area contributed by atoms with Crippen molar-refractivity contribution in [3.63, 3.8) is 0 Å². The van der Waals surface area contributed by atoms with Crippen LogP contribution in [0.4, 0.5) is 0 Å². The number of amides is 6. The Hall–Kier alpha value is -7.18. The molecule has 0 spiro atoms. The van der Waals surface area contributed by atoms with Crippen LogP contribution < -0.4 is 31.9 Å². The Bertz CT molecular complexity index is 2300. The van der Waals surface area contributed by atoms with E-state index in [0.29, 0.717) is 0 Å². The standard InChI is InChI=1S/C60H82N6O12/c1-11-51(67)61-47(32-42-22-16-13-17-23-42)55(71)63-45(28-38(3)4)53(69)65-49(30-40(7)8)57(73)75-34-60(36-77-59(78-37-60)44-26-20-15-21-27-44)35-76-58(74)50(31-41(9)10)66-54(70)46(29-39(5)6)64-56(72)48(62-52(68)12-2)33-43-24-18-14-19-25-43/h11-27,38-41,45-50,59H,1-2,28-37H2,3-10H3,(H,61,67)(H,62,68)(H,63,71)(H,64,72)(H,65,69)(H,66,70)/t45-,46-,47-,48-,49-,50-/m0/s1. The first-order valence-electron chi connectivity index (χ1n) is 26.9. The van der Waals surface area contributed by atoms with Crippen LogP contribution in [0.2, 0.25) is 0 Å². The fourth-order valence-electron chi connectivity index (χ4n) is 8.70. The number of carbonyl (C=O) groups is 8. The summed E-state index contributed by atoms with van der Waals surface area (Å²) in [7, 11) is 0. The maximum absolute atomic E-state index is 14.3. The summed E-state index contributed by atoms with van der Waals surface area (Å²) in [6.07, 6.45) is 2.35. The van der Waals surface area contributed by atoms with Gasteiger partial charge in [0.1, 0.15) is 49.5 Å². The normalized spacial score (nSPS) is 15.6. The van der Waals surface area contributed by atoms with Crippen molar-refractivity contribution in [3.05, 3.63) is 133 Å². The van der Waals surface area contributed by atoms with E-state index in [1.165, 1.54) is 0 Å². The highest BCUT2D eigenvalue weighted by molar-refractivity contribution is 5.97. The van der Waals surface area contributed by atoms with Gasteiger partial charge in [-0.25, -0.2) is 9.59 Å². The molecule has 3 aromatic carbocycles. The number of hydrogen-bond donors (Lipinski definition) is 6. The minimum Gasteiger partial charge on any atom is -0.463 e. The van der Waals surface area contributed by atoms with Gasteiger partial charge in [-0.15, -0.1) is 0 Å². The number of ether oxygens (including phenoxy) is 4. The predicted molar refractivity (Wildman–Crippen MR) is 296 cm³/mol. The van der Waals surface area contributed by atoms with Crippen molar-refractivity contribution in [2.24, 2.45) is 29.1 Å². The Balaban J connectivity index is 1.54. The molecule has 0 aromatic heterocycles. The van der Waals surface area contributed by atoms with E-state index in [1.807, 2.05) is 146 Å². The van der Waals surface area contributed by atoms with E-state index in [2.05, 4.69) is 45.1 Å². The van der Waals surface area contributed by atoms with E-state index in [9.17, 15) is 38.4 Å². The summed E-state index contributed by atoms with van der Waals surface area (Å²) in [6, 6.07) is 20.7. The first-order valence-corrected chi connectivity index (χ1v) is 26.9. The van der Waals surface area contributed by atoms with Gasteiger partial charge >= 0.3 is 11.9 Å². The van der Waals surface area contributed by atoms with Crippen molar-refractivity contribution in [1.82, 2.24) is 31.9 Å². The zero-order valence-electron chi connectivity index (χ0n) is 46.6. The Morgan fingerprint density at radius 2 is 0.782 bits per heavy atom. The summed E-state index contributed by atoms with van der Waals surface area (Å²) in [5.41, 5.74) is 1.02. The van der Waals surface area contributed by atoms with Crippen LogP contribution in [0.1, 0.15) is 104 Å². The number of nitrogens with one attached hydrogen (secondary N) is 6. The third-order valence-electron chi connectivity index (χ3n) is 12.7. The Kier molecular flexibility index (Phi) is 25.9. The van der Waals surface area contributed by atoms with Gasteiger partial charge in [-0.3, -0.25) is 28.8 Å². The third kappa shape index (κ3) is 21.7. The molecule has 0 bridgehead atoms. The second-order valence-electron chi connectivity index (χ2n) is 21.8. The monoisotopic (exact) mass is 1080 g/mol. The van der Waals surface area contributed by atoms with E-state index >= 15 is 0 Å². The second kappa shape index (κ2) is 31.9. The first-order chi connectivity index (χ1) is 37.1. The molecule has 6 amide bonds. The molecule has 0 unspecified atom stereocenters. The zero-order valence-corrected chi connectivity index (χ0v) is 46.6. The molecular formula is C60H82N6O12. The van der Waals surface area contributed by atoms with Gasteiger partial charge in [0.05, 0.1) is 18.6 Å². The lowest BCUT2D eigenvalue weighted by Gasteiger charge is -2.39. The van der Waals surface area contributed by atoms with E-state index in [4.69, 9.17) is 18.9 Å². The largest absolute Gasteiger partial charge is 0.463 e. The fourth-order valence-corrected chi connectivity index (χ4v) is 8.70. The molecule has 6 N–H and O–H groups in total. The van der Waals surface area contributed by atoms with Gasteiger partial charge in [0.15, 0.2) is 6.29 Å². The highest BCUT2D eigenvalue weighted by atomic mass is 16.7.